The lowest BCUT2D eigenvalue weighted by atomic mass is 9.68. The standard InChI is InChI=1S/C23H28O12/c1-23(4-3-8(25)10(27)6-23)22-19(32)17(30)14-11(35-22)5-9(26)13(16(14)29)20-21(33-2)18(31)15(28)12(7-24)34-20/h5,12,15,18-22,24,26,28-29,31-32H,3-4,6-7H2,1-2H3. The number of benzene rings is 1. The Hall–Kier alpha value is -2.61. The minimum absolute atomic E-state index is 0.0595. The maximum atomic E-state index is 13.2. The molecule has 35 heavy (non-hydrogen) atoms. The molecule has 192 valence electrons. The number of ether oxygens (including phenoxy) is 3. The number of phenolic OH excluding ortho intramolecular Hbond substituents is 2. The third kappa shape index (κ3) is 3.99. The Bertz CT molecular complexity index is 1050. The number of carbonyl (C=O) groups is 3. The zero-order chi connectivity index (χ0) is 25.8. The van der Waals surface area contributed by atoms with Crippen LogP contribution in [0.15, 0.2) is 6.07 Å². The second-order valence-electron chi connectivity index (χ2n) is 9.52. The van der Waals surface area contributed by atoms with Crippen LogP contribution in [0.1, 0.15) is 48.2 Å². The van der Waals surface area contributed by atoms with E-state index in [2.05, 4.69) is 0 Å². The van der Waals surface area contributed by atoms with Gasteiger partial charge in [0.25, 0.3) is 0 Å². The summed E-state index contributed by atoms with van der Waals surface area (Å²) < 4.78 is 16.6. The van der Waals surface area contributed by atoms with Crippen molar-refractivity contribution in [2.75, 3.05) is 13.7 Å². The minimum Gasteiger partial charge on any atom is -0.507 e. The SMILES string of the molecule is COC1C(c2c(O)cc3c(c2O)C(=O)C(O)C(C2(C)CCC(=O)C(=O)C2)O3)OC(CO)C(O)C1O. The molecular formula is C23H28O12. The van der Waals surface area contributed by atoms with Gasteiger partial charge in [0.2, 0.25) is 5.78 Å². The van der Waals surface area contributed by atoms with E-state index in [1.54, 1.807) is 6.92 Å². The first-order valence-corrected chi connectivity index (χ1v) is 11.1. The molecule has 2 aliphatic heterocycles. The molecule has 3 aliphatic rings. The monoisotopic (exact) mass is 496 g/mol. The van der Waals surface area contributed by atoms with Gasteiger partial charge in [0, 0.05) is 31.4 Å². The number of Topliss-reactive ketones (excluding diaryl/α,β-unsaturated/α-hetero) is 3. The lowest BCUT2D eigenvalue weighted by molar-refractivity contribution is -0.238. The number of aromatic hydroxyl groups is 2. The molecule has 0 radical (unpaired) electrons. The van der Waals surface area contributed by atoms with Crippen molar-refractivity contribution in [1.82, 2.24) is 0 Å². The lowest BCUT2D eigenvalue weighted by Crippen LogP contribution is -2.56. The molecule has 1 aromatic carbocycles. The number of phenols is 2. The number of aliphatic hydroxyl groups excluding tert-OH is 4. The van der Waals surface area contributed by atoms with Gasteiger partial charge in [0.15, 0.2) is 17.7 Å². The van der Waals surface area contributed by atoms with E-state index >= 15 is 0 Å². The third-order valence-electron chi connectivity index (χ3n) is 7.25. The number of rotatable bonds is 4. The average Bonchev–Trinajstić information content (AvgIpc) is 2.80. The lowest BCUT2D eigenvalue weighted by Gasteiger charge is -2.44. The number of methoxy groups -OCH3 is 1. The van der Waals surface area contributed by atoms with Gasteiger partial charge in [0.1, 0.15) is 59.4 Å². The van der Waals surface area contributed by atoms with E-state index in [0.29, 0.717) is 0 Å². The van der Waals surface area contributed by atoms with Crippen LogP contribution in [0.3, 0.4) is 0 Å². The minimum atomic E-state index is -1.79. The van der Waals surface area contributed by atoms with Crippen LogP contribution in [0.2, 0.25) is 0 Å². The predicted molar refractivity (Wildman–Crippen MR) is 114 cm³/mol. The second-order valence-corrected chi connectivity index (χ2v) is 9.52. The first-order chi connectivity index (χ1) is 16.4. The maximum absolute atomic E-state index is 13.2. The molecule has 4 rings (SSSR count). The van der Waals surface area contributed by atoms with Gasteiger partial charge < -0.3 is 44.8 Å². The number of hydrogen-bond acceptors (Lipinski definition) is 12. The summed E-state index contributed by atoms with van der Waals surface area (Å²) in [6.07, 6.45) is -10.2. The zero-order valence-corrected chi connectivity index (χ0v) is 19.1. The fourth-order valence-electron chi connectivity index (χ4n) is 5.19. The smallest absolute Gasteiger partial charge is 0.202 e. The van der Waals surface area contributed by atoms with Gasteiger partial charge in [-0.05, 0) is 6.42 Å². The molecule has 12 heteroatoms. The molecule has 0 amide bonds. The van der Waals surface area contributed by atoms with E-state index in [9.17, 15) is 45.0 Å². The number of ketones is 3. The fourth-order valence-corrected chi connectivity index (χ4v) is 5.19. The summed E-state index contributed by atoms with van der Waals surface area (Å²) in [5.74, 6) is -3.75. The highest BCUT2D eigenvalue weighted by molar-refractivity contribution is 6.37. The van der Waals surface area contributed by atoms with E-state index in [-0.39, 0.29) is 30.6 Å². The molecule has 1 saturated heterocycles. The molecule has 0 aromatic heterocycles. The Kier molecular flexibility index (Phi) is 6.64. The van der Waals surface area contributed by atoms with E-state index < -0.39 is 89.2 Å². The van der Waals surface area contributed by atoms with E-state index in [0.717, 1.165) is 6.07 Å². The van der Waals surface area contributed by atoms with Crippen molar-refractivity contribution in [2.45, 2.75) is 68.9 Å². The Labute approximate surface area is 199 Å². The van der Waals surface area contributed by atoms with Crippen LogP contribution in [0.5, 0.6) is 17.2 Å². The van der Waals surface area contributed by atoms with Crippen molar-refractivity contribution in [3.8, 4) is 17.2 Å². The van der Waals surface area contributed by atoms with Crippen LogP contribution >= 0.6 is 0 Å². The Morgan fingerprint density at radius 2 is 1.80 bits per heavy atom. The largest absolute Gasteiger partial charge is 0.507 e. The van der Waals surface area contributed by atoms with Gasteiger partial charge in [0.05, 0.1) is 12.2 Å². The molecule has 2 fully saturated rings. The summed E-state index contributed by atoms with van der Waals surface area (Å²) >= 11 is 0. The summed E-state index contributed by atoms with van der Waals surface area (Å²) in [5, 5.41) is 62.6. The molecule has 1 aromatic rings. The number of hydrogen-bond donors (Lipinski definition) is 6. The van der Waals surface area contributed by atoms with E-state index in [4.69, 9.17) is 14.2 Å². The molecule has 12 nitrogen and oxygen atoms in total. The Morgan fingerprint density at radius 3 is 2.40 bits per heavy atom. The number of fused-ring (bicyclic) bond motifs is 1. The van der Waals surface area contributed by atoms with Gasteiger partial charge in [-0.1, -0.05) is 6.92 Å². The summed E-state index contributed by atoms with van der Waals surface area (Å²) in [5.41, 5.74) is -1.88. The van der Waals surface area contributed by atoms with Gasteiger partial charge >= 0.3 is 0 Å². The molecule has 2 heterocycles. The van der Waals surface area contributed by atoms with Gasteiger partial charge in [-0.2, -0.15) is 0 Å². The zero-order valence-electron chi connectivity index (χ0n) is 19.1. The van der Waals surface area contributed by atoms with Crippen LogP contribution in [0.4, 0.5) is 0 Å². The molecular weight excluding hydrogens is 468 g/mol. The number of aliphatic hydroxyl groups is 4. The van der Waals surface area contributed by atoms with Crippen LogP contribution in [-0.4, -0.2) is 98.3 Å². The van der Waals surface area contributed by atoms with Crippen LogP contribution in [-0.2, 0) is 19.1 Å². The first-order valence-electron chi connectivity index (χ1n) is 11.1. The average molecular weight is 496 g/mol. The topological polar surface area (TPSA) is 200 Å². The maximum Gasteiger partial charge on any atom is 0.202 e. The molecule has 8 unspecified atom stereocenters. The van der Waals surface area contributed by atoms with Crippen molar-refractivity contribution < 1.29 is 59.2 Å². The summed E-state index contributed by atoms with van der Waals surface area (Å²) in [6, 6.07) is 1.03. The van der Waals surface area contributed by atoms with Crippen molar-refractivity contribution in [3.63, 3.8) is 0 Å². The van der Waals surface area contributed by atoms with Crippen molar-refractivity contribution in [3.05, 3.63) is 17.2 Å². The van der Waals surface area contributed by atoms with Gasteiger partial charge in [-0.3, -0.25) is 14.4 Å². The van der Waals surface area contributed by atoms with Crippen LogP contribution < -0.4 is 4.74 Å². The fraction of sp³-hybridized carbons (Fsp3) is 0.609. The predicted octanol–water partition coefficient (Wildman–Crippen LogP) is -1.10. The molecule has 0 spiro atoms. The Balaban J connectivity index is 1.75. The van der Waals surface area contributed by atoms with E-state index in [1.165, 1.54) is 7.11 Å². The van der Waals surface area contributed by atoms with E-state index in [1.807, 2.05) is 0 Å². The highest BCUT2D eigenvalue weighted by Gasteiger charge is 2.53. The Morgan fingerprint density at radius 1 is 1.11 bits per heavy atom. The first kappa shape index (κ1) is 25.5. The quantitative estimate of drug-likeness (QED) is 0.275. The molecule has 1 aliphatic carbocycles. The normalized spacial score (nSPS) is 37.7. The highest BCUT2D eigenvalue weighted by atomic mass is 16.6. The summed E-state index contributed by atoms with van der Waals surface area (Å²) in [7, 11) is 1.20. The van der Waals surface area contributed by atoms with Gasteiger partial charge in [-0.15, -0.1) is 0 Å². The number of carbonyl (C=O) groups excluding carboxylic acids is 3. The highest BCUT2D eigenvalue weighted by Crippen LogP contribution is 2.50. The summed E-state index contributed by atoms with van der Waals surface area (Å²) in [6.45, 7) is 0.915. The molecule has 6 N–H and O–H groups in total. The van der Waals surface area contributed by atoms with Gasteiger partial charge in [-0.25, -0.2) is 0 Å². The third-order valence-corrected chi connectivity index (χ3v) is 7.25. The van der Waals surface area contributed by atoms with Crippen molar-refractivity contribution in [2.24, 2.45) is 5.41 Å². The van der Waals surface area contributed by atoms with Crippen LogP contribution in [0, 0.1) is 5.41 Å². The van der Waals surface area contributed by atoms with Crippen molar-refractivity contribution in [1.29, 1.82) is 0 Å². The van der Waals surface area contributed by atoms with Crippen LogP contribution in [0.25, 0.3) is 0 Å². The molecule has 1 saturated carbocycles. The van der Waals surface area contributed by atoms with Crippen molar-refractivity contribution >= 4 is 17.3 Å². The molecule has 8 atom stereocenters. The molecule has 0 bridgehead atoms. The summed E-state index contributed by atoms with van der Waals surface area (Å²) in [4.78, 5) is 36.9. The second kappa shape index (κ2) is 9.12.